The summed E-state index contributed by atoms with van der Waals surface area (Å²) >= 11 is 0. The third-order valence-corrected chi connectivity index (χ3v) is 1.70. The molecule has 1 unspecified atom stereocenters. The Bertz CT molecular complexity index is 315. The first kappa shape index (κ1) is 9.54. The van der Waals surface area contributed by atoms with Crippen LogP contribution in [0.4, 0.5) is 0 Å². The molecule has 4 nitrogen and oxygen atoms in total. The van der Waals surface area contributed by atoms with Crippen LogP contribution < -0.4 is 5.73 Å². The van der Waals surface area contributed by atoms with E-state index in [1.54, 1.807) is 6.08 Å². The maximum Gasteiger partial charge on any atom is 0.225 e. The highest BCUT2D eigenvalue weighted by atomic mass is 16.2. The van der Waals surface area contributed by atoms with Gasteiger partial charge in [0.1, 0.15) is 6.04 Å². The van der Waals surface area contributed by atoms with Crippen LogP contribution in [0.25, 0.3) is 0 Å². The van der Waals surface area contributed by atoms with Crippen molar-refractivity contribution < 1.29 is 20.1 Å². The summed E-state index contributed by atoms with van der Waals surface area (Å²) in [5.41, 5.74) is 4.23. The van der Waals surface area contributed by atoms with E-state index in [9.17, 15) is 14.4 Å². The predicted molar refractivity (Wildman–Crippen MR) is 44.6 cm³/mol. The molecule has 0 saturated carbocycles. The van der Waals surface area contributed by atoms with E-state index in [0.717, 1.165) is 6.29 Å². The average molecular weight is 180 g/mol. The van der Waals surface area contributed by atoms with Crippen LogP contribution in [-0.2, 0) is 14.4 Å². The van der Waals surface area contributed by atoms with Crippen LogP contribution in [0.3, 0.4) is 0 Å². The predicted octanol–water partition coefficient (Wildman–Crippen LogP) is -1.18. The molecule has 4 heteroatoms. The van der Waals surface area contributed by atoms with E-state index in [0.29, 0.717) is 12.0 Å². The summed E-state index contributed by atoms with van der Waals surface area (Å²) in [6.45, 7) is 0. The minimum atomic E-state index is -0.532. The molecule has 0 aromatic heterocycles. The second-order valence-corrected chi connectivity index (χ2v) is 2.88. The van der Waals surface area contributed by atoms with Crippen molar-refractivity contribution in [3.05, 3.63) is 23.8 Å². The highest BCUT2D eigenvalue weighted by Gasteiger charge is 2.15. The number of allylic oxidation sites excluding steroid dienone is 3. The Morgan fingerprint density at radius 1 is 1.31 bits per heavy atom. The number of ketones is 2. The molecular formula is C9H10NO3+. The van der Waals surface area contributed by atoms with Gasteiger partial charge in [-0.05, 0) is 17.7 Å². The molecule has 0 spiro atoms. The van der Waals surface area contributed by atoms with Crippen molar-refractivity contribution in [2.45, 2.75) is 12.5 Å². The molecule has 1 rings (SSSR count). The molecule has 68 valence electrons. The lowest BCUT2D eigenvalue weighted by Gasteiger charge is -2.04. The molecule has 0 bridgehead atoms. The van der Waals surface area contributed by atoms with Gasteiger partial charge in [0.2, 0.25) is 11.6 Å². The van der Waals surface area contributed by atoms with Crippen molar-refractivity contribution in [1.29, 1.82) is 0 Å². The SMILES string of the molecule is [NH3+]C(C=O)CC1=CC(=O)C(=O)C=C1. The fraction of sp³-hybridized carbons (Fsp3) is 0.222. The number of quaternary nitrogens is 1. The van der Waals surface area contributed by atoms with E-state index < -0.39 is 11.6 Å². The van der Waals surface area contributed by atoms with Gasteiger partial charge in [0, 0.05) is 6.42 Å². The molecule has 1 atom stereocenters. The van der Waals surface area contributed by atoms with Crippen LogP contribution in [0.1, 0.15) is 6.42 Å². The van der Waals surface area contributed by atoms with Crippen LogP contribution in [0.15, 0.2) is 23.8 Å². The monoisotopic (exact) mass is 180 g/mol. The Labute approximate surface area is 75.1 Å². The highest BCUT2D eigenvalue weighted by molar-refractivity contribution is 6.46. The van der Waals surface area contributed by atoms with Crippen LogP contribution in [0, 0.1) is 0 Å². The molecule has 13 heavy (non-hydrogen) atoms. The molecule has 0 aliphatic heterocycles. The number of hydrogen-bond acceptors (Lipinski definition) is 3. The van der Waals surface area contributed by atoms with Gasteiger partial charge in [-0.1, -0.05) is 6.08 Å². The number of carbonyl (C=O) groups excluding carboxylic acids is 3. The molecule has 0 radical (unpaired) electrons. The summed E-state index contributed by atoms with van der Waals surface area (Å²) in [5, 5.41) is 0. The van der Waals surface area contributed by atoms with Gasteiger partial charge in [0.25, 0.3) is 0 Å². The Kier molecular flexibility index (Phi) is 2.87. The summed E-state index contributed by atoms with van der Waals surface area (Å²) in [5.74, 6) is -1.05. The van der Waals surface area contributed by atoms with Crippen molar-refractivity contribution in [3.63, 3.8) is 0 Å². The lowest BCUT2D eigenvalue weighted by molar-refractivity contribution is -0.399. The van der Waals surface area contributed by atoms with E-state index in [2.05, 4.69) is 5.73 Å². The minimum Gasteiger partial charge on any atom is -0.349 e. The molecule has 0 heterocycles. The fourth-order valence-electron chi connectivity index (χ4n) is 1.03. The lowest BCUT2D eigenvalue weighted by Crippen LogP contribution is -2.61. The lowest BCUT2D eigenvalue weighted by atomic mass is 10.00. The van der Waals surface area contributed by atoms with Crippen LogP contribution >= 0.6 is 0 Å². The Balaban J connectivity index is 2.68. The van der Waals surface area contributed by atoms with Gasteiger partial charge in [0.05, 0.1) is 0 Å². The first-order chi connectivity index (χ1) is 6.13. The van der Waals surface area contributed by atoms with Crippen molar-refractivity contribution in [3.8, 4) is 0 Å². The topological polar surface area (TPSA) is 78.8 Å². The number of rotatable bonds is 3. The van der Waals surface area contributed by atoms with Crippen molar-refractivity contribution >= 4 is 17.9 Å². The normalized spacial score (nSPS) is 18.4. The number of hydrogen-bond donors (Lipinski definition) is 1. The molecular weight excluding hydrogens is 170 g/mol. The van der Waals surface area contributed by atoms with Gasteiger partial charge in [-0.2, -0.15) is 0 Å². The van der Waals surface area contributed by atoms with E-state index >= 15 is 0 Å². The molecule has 0 aromatic carbocycles. The van der Waals surface area contributed by atoms with Gasteiger partial charge in [-0.25, -0.2) is 0 Å². The van der Waals surface area contributed by atoms with E-state index in [4.69, 9.17) is 0 Å². The maximum atomic E-state index is 10.9. The third kappa shape index (κ3) is 2.45. The van der Waals surface area contributed by atoms with Crippen LogP contribution in [0.2, 0.25) is 0 Å². The molecule has 0 saturated heterocycles. The third-order valence-electron chi connectivity index (χ3n) is 1.70. The van der Waals surface area contributed by atoms with Crippen molar-refractivity contribution in [2.24, 2.45) is 0 Å². The number of carbonyl (C=O) groups is 3. The largest absolute Gasteiger partial charge is 0.349 e. The zero-order chi connectivity index (χ0) is 9.84. The second-order valence-electron chi connectivity index (χ2n) is 2.88. The zero-order valence-electron chi connectivity index (χ0n) is 7.03. The zero-order valence-corrected chi connectivity index (χ0v) is 7.03. The number of aldehydes is 1. The Morgan fingerprint density at radius 2 is 2.00 bits per heavy atom. The molecule has 3 N–H and O–H groups in total. The Hall–Kier alpha value is -1.55. The maximum absolute atomic E-state index is 10.9. The van der Waals surface area contributed by atoms with Gasteiger partial charge >= 0.3 is 0 Å². The molecule has 0 amide bonds. The summed E-state index contributed by atoms with van der Waals surface area (Å²) < 4.78 is 0. The van der Waals surface area contributed by atoms with Crippen molar-refractivity contribution in [1.82, 2.24) is 0 Å². The van der Waals surface area contributed by atoms with Gasteiger partial charge < -0.3 is 5.73 Å². The molecule has 0 aromatic rings. The highest BCUT2D eigenvalue weighted by Crippen LogP contribution is 2.09. The van der Waals surface area contributed by atoms with E-state index in [1.165, 1.54) is 12.2 Å². The smallest absolute Gasteiger partial charge is 0.225 e. The fourth-order valence-corrected chi connectivity index (χ4v) is 1.03. The minimum absolute atomic E-state index is 0.364. The van der Waals surface area contributed by atoms with Gasteiger partial charge in [0.15, 0.2) is 6.29 Å². The second kappa shape index (κ2) is 3.91. The van der Waals surface area contributed by atoms with E-state index in [-0.39, 0.29) is 6.04 Å². The molecule has 1 aliphatic rings. The summed E-state index contributed by atoms with van der Waals surface area (Å²) in [7, 11) is 0. The summed E-state index contributed by atoms with van der Waals surface area (Å²) in [4.78, 5) is 31.9. The van der Waals surface area contributed by atoms with E-state index in [1.807, 2.05) is 0 Å². The van der Waals surface area contributed by atoms with Gasteiger partial charge in [-0.3, -0.25) is 14.4 Å². The van der Waals surface area contributed by atoms with Crippen LogP contribution in [0.5, 0.6) is 0 Å². The first-order valence-electron chi connectivity index (χ1n) is 3.89. The molecule has 0 fully saturated rings. The van der Waals surface area contributed by atoms with Crippen LogP contribution in [-0.4, -0.2) is 23.9 Å². The average Bonchev–Trinajstić information content (AvgIpc) is 2.11. The molecule has 1 aliphatic carbocycles. The quantitative estimate of drug-likeness (QED) is 0.337. The first-order valence-corrected chi connectivity index (χ1v) is 3.89. The summed E-state index contributed by atoms with van der Waals surface area (Å²) in [6.07, 6.45) is 5.14. The van der Waals surface area contributed by atoms with Gasteiger partial charge in [-0.15, -0.1) is 0 Å². The Morgan fingerprint density at radius 3 is 2.54 bits per heavy atom. The van der Waals surface area contributed by atoms with Crippen molar-refractivity contribution in [2.75, 3.05) is 0 Å². The summed E-state index contributed by atoms with van der Waals surface area (Å²) in [6, 6.07) is -0.364. The standard InChI is InChI=1S/C9H9NO3/c10-7(5-11)3-6-1-2-8(12)9(13)4-6/h1-2,4-5,7H,3,10H2/p+1.